The molecular formula is C15H32N2O2. The van der Waals surface area contributed by atoms with Gasteiger partial charge in [-0.3, -0.25) is 0 Å². The SMILES string of the molecule is CCCCCCCCOC(=O)NCCCCCCN. The molecule has 0 saturated heterocycles. The normalized spacial score (nSPS) is 10.4. The van der Waals surface area contributed by atoms with Crippen molar-refractivity contribution in [3.8, 4) is 0 Å². The number of ether oxygens (including phenoxy) is 1. The van der Waals surface area contributed by atoms with Crippen molar-refractivity contribution in [3.63, 3.8) is 0 Å². The maximum Gasteiger partial charge on any atom is 0.407 e. The summed E-state index contributed by atoms with van der Waals surface area (Å²) in [4.78, 5) is 11.3. The molecule has 0 fully saturated rings. The average molecular weight is 272 g/mol. The standard InChI is InChI=1S/C15H32N2O2/c1-2-3-4-5-8-11-14-19-15(18)17-13-10-7-6-9-12-16/h2-14,16H2,1H3,(H,17,18). The molecule has 0 heterocycles. The molecule has 0 spiro atoms. The van der Waals surface area contributed by atoms with E-state index in [9.17, 15) is 4.79 Å². The van der Waals surface area contributed by atoms with E-state index in [1.165, 1.54) is 25.7 Å². The Morgan fingerprint density at radius 1 is 0.947 bits per heavy atom. The molecule has 0 radical (unpaired) electrons. The maximum absolute atomic E-state index is 11.3. The molecule has 0 aliphatic carbocycles. The summed E-state index contributed by atoms with van der Waals surface area (Å²) in [6, 6.07) is 0. The first-order chi connectivity index (χ1) is 9.31. The van der Waals surface area contributed by atoms with Crippen LogP contribution in [0.3, 0.4) is 0 Å². The van der Waals surface area contributed by atoms with E-state index in [1.54, 1.807) is 0 Å². The molecule has 4 heteroatoms. The van der Waals surface area contributed by atoms with Gasteiger partial charge in [0.1, 0.15) is 0 Å². The van der Waals surface area contributed by atoms with Gasteiger partial charge < -0.3 is 15.8 Å². The lowest BCUT2D eigenvalue weighted by atomic mass is 10.1. The Morgan fingerprint density at radius 3 is 2.32 bits per heavy atom. The second-order valence-corrected chi connectivity index (χ2v) is 5.03. The van der Waals surface area contributed by atoms with E-state index >= 15 is 0 Å². The molecule has 1 amide bonds. The number of nitrogens with two attached hydrogens (primary N) is 1. The molecule has 0 saturated carbocycles. The Balaban J connectivity index is 3.13. The van der Waals surface area contributed by atoms with Crippen LogP contribution < -0.4 is 11.1 Å². The van der Waals surface area contributed by atoms with Crippen LogP contribution in [0.1, 0.15) is 71.1 Å². The number of carbonyl (C=O) groups is 1. The highest BCUT2D eigenvalue weighted by molar-refractivity contribution is 5.66. The summed E-state index contributed by atoms with van der Waals surface area (Å²) in [5.74, 6) is 0. The molecule has 0 aliphatic heterocycles. The summed E-state index contributed by atoms with van der Waals surface area (Å²) in [6.07, 6.45) is 11.3. The second-order valence-electron chi connectivity index (χ2n) is 5.03. The smallest absolute Gasteiger partial charge is 0.407 e. The first-order valence-electron chi connectivity index (χ1n) is 7.92. The van der Waals surface area contributed by atoms with E-state index in [4.69, 9.17) is 10.5 Å². The highest BCUT2D eigenvalue weighted by Gasteiger charge is 2.00. The van der Waals surface area contributed by atoms with Crippen LogP contribution >= 0.6 is 0 Å². The minimum Gasteiger partial charge on any atom is -0.450 e. The van der Waals surface area contributed by atoms with Gasteiger partial charge in [0.15, 0.2) is 0 Å². The van der Waals surface area contributed by atoms with Crippen molar-refractivity contribution in [2.45, 2.75) is 71.1 Å². The third-order valence-electron chi connectivity index (χ3n) is 3.13. The summed E-state index contributed by atoms with van der Waals surface area (Å²) < 4.78 is 5.11. The fraction of sp³-hybridized carbons (Fsp3) is 0.933. The molecule has 0 atom stereocenters. The number of alkyl carbamates (subject to hydrolysis) is 1. The van der Waals surface area contributed by atoms with E-state index in [1.807, 2.05) is 0 Å². The summed E-state index contributed by atoms with van der Waals surface area (Å²) in [6.45, 7) is 4.22. The van der Waals surface area contributed by atoms with Gasteiger partial charge in [-0.2, -0.15) is 0 Å². The number of hydrogen-bond acceptors (Lipinski definition) is 3. The van der Waals surface area contributed by atoms with Gasteiger partial charge in [0.05, 0.1) is 6.61 Å². The van der Waals surface area contributed by atoms with Gasteiger partial charge in [0, 0.05) is 6.54 Å². The van der Waals surface area contributed by atoms with Gasteiger partial charge >= 0.3 is 6.09 Å². The number of carbonyl (C=O) groups excluding carboxylic acids is 1. The molecule has 0 aromatic heterocycles. The van der Waals surface area contributed by atoms with Crippen molar-refractivity contribution >= 4 is 6.09 Å². The number of unbranched alkanes of at least 4 members (excludes halogenated alkanes) is 8. The van der Waals surface area contributed by atoms with Crippen LogP contribution in [0.25, 0.3) is 0 Å². The molecule has 0 aliphatic rings. The van der Waals surface area contributed by atoms with Gasteiger partial charge in [0.25, 0.3) is 0 Å². The average Bonchev–Trinajstić information content (AvgIpc) is 2.41. The van der Waals surface area contributed by atoms with E-state index in [2.05, 4.69) is 12.2 Å². The summed E-state index contributed by atoms with van der Waals surface area (Å²) >= 11 is 0. The first-order valence-corrected chi connectivity index (χ1v) is 7.92. The van der Waals surface area contributed by atoms with Gasteiger partial charge in [-0.05, 0) is 25.8 Å². The molecule has 4 nitrogen and oxygen atoms in total. The Morgan fingerprint density at radius 2 is 1.58 bits per heavy atom. The topological polar surface area (TPSA) is 64.3 Å². The van der Waals surface area contributed by atoms with Crippen LogP contribution in [0.2, 0.25) is 0 Å². The molecule has 0 aromatic rings. The molecule has 114 valence electrons. The predicted molar refractivity (Wildman–Crippen MR) is 80.2 cm³/mol. The van der Waals surface area contributed by atoms with Gasteiger partial charge in [-0.1, -0.05) is 51.9 Å². The molecular weight excluding hydrogens is 240 g/mol. The van der Waals surface area contributed by atoms with E-state index in [-0.39, 0.29) is 6.09 Å². The zero-order chi connectivity index (χ0) is 14.2. The Bertz CT molecular complexity index is 199. The van der Waals surface area contributed by atoms with Gasteiger partial charge in [0.2, 0.25) is 0 Å². The van der Waals surface area contributed by atoms with Crippen molar-refractivity contribution < 1.29 is 9.53 Å². The number of hydrogen-bond donors (Lipinski definition) is 2. The van der Waals surface area contributed by atoms with Crippen LogP contribution in [-0.4, -0.2) is 25.8 Å². The molecule has 0 bridgehead atoms. The maximum atomic E-state index is 11.3. The lowest BCUT2D eigenvalue weighted by Gasteiger charge is -2.06. The number of amides is 1. The third kappa shape index (κ3) is 15.2. The largest absolute Gasteiger partial charge is 0.450 e. The van der Waals surface area contributed by atoms with Crippen molar-refractivity contribution in [2.24, 2.45) is 5.73 Å². The Hall–Kier alpha value is -0.770. The van der Waals surface area contributed by atoms with Crippen molar-refractivity contribution in [2.75, 3.05) is 19.7 Å². The quantitative estimate of drug-likeness (QED) is 0.504. The minimum absolute atomic E-state index is 0.271. The highest BCUT2D eigenvalue weighted by Crippen LogP contribution is 2.04. The lowest BCUT2D eigenvalue weighted by molar-refractivity contribution is 0.143. The monoisotopic (exact) mass is 272 g/mol. The summed E-state index contributed by atoms with van der Waals surface area (Å²) in [5.41, 5.74) is 5.41. The Kier molecular flexibility index (Phi) is 14.7. The summed E-state index contributed by atoms with van der Waals surface area (Å²) in [5, 5.41) is 2.78. The fourth-order valence-corrected chi connectivity index (χ4v) is 1.91. The zero-order valence-corrected chi connectivity index (χ0v) is 12.6. The fourth-order valence-electron chi connectivity index (χ4n) is 1.91. The summed E-state index contributed by atoms with van der Waals surface area (Å²) in [7, 11) is 0. The van der Waals surface area contributed by atoms with Crippen LogP contribution in [0.5, 0.6) is 0 Å². The zero-order valence-electron chi connectivity index (χ0n) is 12.6. The van der Waals surface area contributed by atoms with E-state index in [0.717, 1.165) is 45.1 Å². The van der Waals surface area contributed by atoms with Crippen LogP contribution in [-0.2, 0) is 4.74 Å². The minimum atomic E-state index is -0.271. The highest BCUT2D eigenvalue weighted by atomic mass is 16.5. The van der Waals surface area contributed by atoms with Crippen molar-refractivity contribution in [1.29, 1.82) is 0 Å². The van der Waals surface area contributed by atoms with Crippen LogP contribution in [0, 0.1) is 0 Å². The first kappa shape index (κ1) is 18.2. The Labute approximate surface area is 118 Å². The lowest BCUT2D eigenvalue weighted by Crippen LogP contribution is -2.25. The van der Waals surface area contributed by atoms with Gasteiger partial charge in [-0.15, -0.1) is 0 Å². The number of nitrogens with one attached hydrogen (secondary N) is 1. The molecule has 0 unspecified atom stereocenters. The predicted octanol–water partition coefficient (Wildman–Crippen LogP) is 3.59. The van der Waals surface area contributed by atoms with Gasteiger partial charge in [-0.25, -0.2) is 4.79 Å². The van der Waals surface area contributed by atoms with Crippen LogP contribution in [0.15, 0.2) is 0 Å². The molecule has 0 aromatic carbocycles. The molecule has 0 rings (SSSR count). The van der Waals surface area contributed by atoms with E-state index in [0.29, 0.717) is 13.2 Å². The third-order valence-corrected chi connectivity index (χ3v) is 3.13. The second kappa shape index (κ2) is 15.3. The van der Waals surface area contributed by atoms with E-state index < -0.39 is 0 Å². The van der Waals surface area contributed by atoms with Crippen molar-refractivity contribution in [1.82, 2.24) is 5.32 Å². The van der Waals surface area contributed by atoms with Crippen LogP contribution in [0.4, 0.5) is 4.79 Å². The molecule has 3 N–H and O–H groups in total. The van der Waals surface area contributed by atoms with Crippen molar-refractivity contribution in [3.05, 3.63) is 0 Å². The molecule has 19 heavy (non-hydrogen) atoms. The number of rotatable bonds is 13.